The van der Waals surface area contributed by atoms with E-state index >= 15 is 0 Å². The Morgan fingerprint density at radius 1 is 1.10 bits per heavy atom. The lowest BCUT2D eigenvalue weighted by atomic mass is 9.48. The summed E-state index contributed by atoms with van der Waals surface area (Å²) in [6, 6.07) is 1.20. The molecule has 5 fully saturated rings. The summed E-state index contributed by atoms with van der Waals surface area (Å²) >= 11 is 0. The molecule has 4 bridgehead atoms. The molecule has 5 aliphatic rings. The van der Waals surface area contributed by atoms with Gasteiger partial charge in [0.2, 0.25) is 0 Å². The van der Waals surface area contributed by atoms with Crippen LogP contribution in [-0.4, -0.2) is 43.8 Å². The molecule has 1 atom stereocenters. The zero-order valence-electron chi connectivity index (χ0n) is 13.6. The van der Waals surface area contributed by atoms with Gasteiger partial charge in [-0.25, -0.2) is 0 Å². The second-order valence-electron chi connectivity index (χ2n) is 8.61. The van der Waals surface area contributed by atoms with E-state index in [0.717, 1.165) is 43.5 Å². The Morgan fingerprint density at radius 2 is 1.67 bits per heavy atom. The highest BCUT2D eigenvalue weighted by Crippen LogP contribution is 2.61. The van der Waals surface area contributed by atoms with Crippen LogP contribution in [0.2, 0.25) is 0 Å². The summed E-state index contributed by atoms with van der Waals surface area (Å²) in [5, 5.41) is 0. The highest BCUT2D eigenvalue weighted by Gasteiger charge is 2.53. The zero-order valence-corrected chi connectivity index (χ0v) is 13.6. The normalized spacial score (nSPS) is 42.7. The largest absolute Gasteiger partial charge is 0.383 e. The SMILES string of the molecule is COCCN(CC(N)C12CC3CC(CC(C3)C1)C2)C1CC1. The van der Waals surface area contributed by atoms with Crippen LogP contribution in [-0.2, 0) is 4.74 Å². The van der Waals surface area contributed by atoms with Crippen LogP contribution in [0, 0.1) is 23.2 Å². The molecule has 0 spiro atoms. The van der Waals surface area contributed by atoms with Crippen LogP contribution in [0.3, 0.4) is 0 Å². The van der Waals surface area contributed by atoms with E-state index in [2.05, 4.69) is 4.90 Å². The predicted molar refractivity (Wildman–Crippen MR) is 85.1 cm³/mol. The Kier molecular flexibility index (Phi) is 3.79. The highest BCUT2D eigenvalue weighted by atomic mass is 16.5. The molecule has 0 aromatic heterocycles. The summed E-state index contributed by atoms with van der Waals surface area (Å²) < 4.78 is 5.30. The third-order valence-corrected chi connectivity index (χ3v) is 6.95. The van der Waals surface area contributed by atoms with Gasteiger partial charge in [-0.05, 0) is 74.5 Å². The lowest BCUT2D eigenvalue weighted by Gasteiger charge is -2.59. The number of nitrogens with two attached hydrogens (primary N) is 1. The van der Waals surface area contributed by atoms with E-state index in [1.807, 2.05) is 7.11 Å². The first-order chi connectivity index (χ1) is 10.2. The zero-order chi connectivity index (χ0) is 14.4. The molecule has 5 aliphatic carbocycles. The molecule has 21 heavy (non-hydrogen) atoms. The van der Waals surface area contributed by atoms with E-state index in [-0.39, 0.29) is 0 Å². The lowest BCUT2D eigenvalue weighted by Crippen LogP contribution is -2.58. The topological polar surface area (TPSA) is 38.5 Å². The Morgan fingerprint density at radius 3 is 2.14 bits per heavy atom. The lowest BCUT2D eigenvalue weighted by molar-refractivity contribution is -0.0723. The number of methoxy groups -OCH3 is 1. The van der Waals surface area contributed by atoms with Crippen molar-refractivity contribution < 1.29 is 4.74 Å². The van der Waals surface area contributed by atoms with Crippen molar-refractivity contribution in [3.63, 3.8) is 0 Å². The molecule has 1 unspecified atom stereocenters. The number of hydrogen-bond donors (Lipinski definition) is 1. The first-order valence-corrected chi connectivity index (χ1v) is 9.17. The van der Waals surface area contributed by atoms with Crippen molar-refractivity contribution in [2.75, 3.05) is 26.8 Å². The van der Waals surface area contributed by atoms with E-state index in [9.17, 15) is 0 Å². The molecule has 3 heteroatoms. The molecule has 0 heterocycles. The molecule has 0 aromatic carbocycles. The number of nitrogens with zero attached hydrogens (tertiary/aromatic N) is 1. The summed E-state index contributed by atoms with van der Waals surface area (Å²) in [6.45, 7) is 3.03. The maximum Gasteiger partial charge on any atom is 0.0589 e. The van der Waals surface area contributed by atoms with Crippen LogP contribution in [0.25, 0.3) is 0 Å². The highest BCUT2D eigenvalue weighted by molar-refractivity contribution is 5.06. The van der Waals surface area contributed by atoms with Crippen molar-refractivity contribution in [2.24, 2.45) is 28.9 Å². The van der Waals surface area contributed by atoms with Gasteiger partial charge in [0.15, 0.2) is 0 Å². The van der Waals surface area contributed by atoms with Crippen LogP contribution >= 0.6 is 0 Å². The smallest absolute Gasteiger partial charge is 0.0589 e. The van der Waals surface area contributed by atoms with Crippen molar-refractivity contribution in [1.82, 2.24) is 4.90 Å². The molecule has 0 saturated heterocycles. The average Bonchev–Trinajstić information content (AvgIpc) is 3.26. The van der Waals surface area contributed by atoms with E-state index in [1.165, 1.54) is 51.4 Å². The molecule has 3 nitrogen and oxygen atoms in total. The van der Waals surface area contributed by atoms with E-state index in [1.54, 1.807) is 0 Å². The Balaban J connectivity index is 1.42. The van der Waals surface area contributed by atoms with Gasteiger partial charge in [0, 0.05) is 32.3 Å². The van der Waals surface area contributed by atoms with Gasteiger partial charge in [-0.3, -0.25) is 4.90 Å². The average molecular weight is 292 g/mol. The van der Waals surface area contributed by atoms with Crippen LogP contribution in [0.5, 0.6) is 0 Å². The molecule has 0 aliphatic heterocycles. The number of rotatable bonds is 7. The van der Waals surface area contributed by atoms with Gasteiger partial charge in [-0.2, -0.15) is 0 Å². The van der Waals surface area contributed by atoms with Gasteiger partial charge in [0.05, 0.1) is 6.61 Å². The van der Waals surface area contributed by atoms with Crippen molar-refractivity contribution in [3.05, 3.63) is 0 Å². The molecule has 120 valence electrons. The molecular weight excluding hydrogens is 260 g/mol. The van der Waals surface area contributed by atoms with Gasteiger partial charge in [0.1, 0.15) is 0 Å². The minimum atomic E-state index is 0.392. The Hall–Kier alpha value is -0.120. The Bertz CT molecular complexity index is 344. The van der Waals surface area contributed by atoms with Gasteiger partial charge < -0.3 is 10.5 Å². The molecule has 0 radical (unpaired) electrons. The standard InChI is InChI=1S/C18H32N2O/c1-21-5-4-20(16-2-3-16)12-17(19)18-9-13-6-14(10-18)8-15(7-13)11-18/h13-17H,2-12,19H2,1H3. The first-order valence-electron chi connectivity index (χ1n) is 9.17. The van der Waals surface area contributed by atoms with E-state index < -0.39 is 0 Å². The molecular formula is C18H32N2O. The predicted octanol–water partition coefficient (Wildman–Crippen LogP) is 2.64. The fourth-order valence-electron chi connectivity index (χ4n) is 6.15. The number of hydrogen-bond acceptors (Lipinski definition) is 3. The maximum absolute atomic E-state index is 6.83. The molecule has 0 amide bonds. The maximum atomic E-state index is 6.83. The summed E-state index contributed by atoms with van der Waals surface area (Å²) in [5.74, 6) is 3.03. The molecule has 5 saturated carbocycles. The fraction of sp³-hybridized carbons (Fsp3) is 1.00. The monoisotopic (exact) mass is 292 g/mol. The summed E-state index contributed by atoms with van der Waals surface area (Å²) in [7, 11) is 1.81. The first kappa shape index (κ1) is 14.5. The Labute approximate surface area is 129 Å². The van der Waals surface area contributed by atoms with Crippen molar-refractivity contribution in [3.8, 4) is 0 Å². The quantitative estimate of drug-likeness (QED) is 0.784. The summed E-state index contributed by atoms with van der Waals surface area (Å²) in [4.78, 5) is 2.63. The van der Waals surface area contributed by atoms with Gasteiger partial charge in [-0.1, -0.05) is 0 Å². The fourth-order valence-corrected chi connectivity index (χ4v) is 6.15. The van der Waals surface area contributed by atoms with Crippen LogP contribution < -0.4 is 5.73 Å². The second kappa shape index (κ2) is 5.50. The number of ether oxygens (including phenoxy) is 1. The van der Waals surface area contributed by atoms with Crippen molar-refractivity contribution >= 4 is 0 Å². The van der Waals surface area contributed by atoms with Crippen molar-refractivity contribution in [2.45, 2.75) is 63.5 Å². The van der Waals surface area contributed by atoms with Gasteiger partial charge in [-0.15, -0.1) is 0 Å². The third-order valence-electron chi connectivity index (χ3n) is 6.95. The minimum absolute atomic E-state index is 0.392. The second-order valence-corrected chi connectivity index (χ2v) is 8.61. The van der Waals surface area contributed by atoms with Crippen molar-refractivity contribution in [1.29, 1.82) is 0 Å². The van der Waals surface area contributed by atoms with Gasteiger partial charge in [0.25, 0.3) is 0 Å². The van der Waals surface area contributed by atoms with Gasteiger partial charge >= 0.3 is 0 Å². The molecule has 0 aromatic rings. The van der Waals surface area contributed by atoms with Crippen LogP contribution in [0.4, 0.5) is 0 Å². The molecule has 2 N–H and O–H groups in total. The van der Waals surface area contributed by atoms with E-state index in [4.69, 9.17) is 10.5 Å². The molecule has 5 rings (SSSR count). The van der Waals surface area contributed by atoms with E-state index in [0.29, 0.717) is 11.5 Å². The summed E-state index contributed by atoms with van der Waals surface area (Å²) in [6.07, 6.45) is 11.6. The van der Waals surface area contributed by atoms with Crippen LogP contribution in [0.15, 0.2) is 0 Å². The van der Waals surface area contributed by atoms with Crippen LogP contribution in [0.1, 0.15) is 51.4 Å². The summed E-state index contributed by atoms with van der Waals surface area (Å²) in [5.41, 5.74) is 7.32. The minimum Gasteiger partial charge on any atom is -0.383 e. The third kappa shape index (κ3) is 2.77.